The number of nitrogens with one attached hydrogen (secondary N) is 3. The van der Waals surface area contributed by atoms with Gasteiger partial charge in [-0.15, -0.1) is 0 Å². The predicted octanol–water partition coefficient (Wildman–Crippen LogP) is 3.54. The average Bonchev–Trinajstić information content (AvgIpc) is 4.10. The first-order valence-electron chi connectivity index (χ1n) is 23.9. The fourth-order valence-corrected chi connectivity index (χ4v) is 8.86. The van der Waals surface area contributed by atoms with Crippen LogP contribution in [0.2, 0.25) is 0 Å². The van der Waals surface area contributed by atoms with Crippen molar-refractivity contribution < 1.29 is 28.7 Å². The number of carbonyl (C=O) groups is 5. The maximum atomic E-state index is 14.5. The number of Topliss-reactive ketones (excluding diaryl/α,β-unsaturated/α-hetero) is 1. The Kier molecular flexibility index (Phi) is 15.6. The Bertz CT molecular complexity index is 2160. The van der Waals surface area contributed by atoms with Gasteiger partial charge in [-0.3, -0.25) is 23.9 Å². The Morgan fingerprint density at radius 2 is 1.59 bits per heavy atom. The van der Waals surface area contributed by atoms with Crippen LogP contribution in [0.5, 0.6) is 5.75 Å². The van der Waals surface area contributed by atoms with E-state index in [2.05, 4.69) is 30.8 Å². The van der Waals surface area contributed by atoms with Crippen LogP contribution in [0.15, 0.2) is 36.7 Å². The molecule has 0 spiro atoms. The number of urea groups is 1. The second kappa shape index (κ2) is 21.5. The Morgan fingerprint density at radius 1 is 0.864 bits per heavy atom. The highest BCUT2D eigenvalue weighted by molar-refractivity contribution is 6.38. The summed E-state index contributed by atoms with van der Waals surface area (Å²) < 4.78 is 7.14. The third-order valence-corrected chi connectivity index (χ3v) is 13.5. The molecule has 19 nitrogen and oxygen atoms in total. The van der Waals surface area contributed by atoms with Gasteiger partial charge in [-0.1, -0.05) is 32.9 Å². The van der Waals surface area contributed by atoms with Crippen molar-refractivity contribution in [3.63, 3.8) is 0 Å². The van der Waals surface area contributed by atoms with Gasteiger partial charge < -0.3 is 45.2 Å². The van der Waals surface area contributed by atoms with Gasteiger partial charge >= 0.3 is 6.03 Å². The lowest BCUT2D eigenvalue weighted by Crippen LogP contribution is -2.59. The molecule has 5 amide bonds. The number of rotatable bonds is 18. The third kappa shape index (κ3) is 11.9. The zero-order valence-corrected chi connectivity index (χ0v) is 39.6. The van der Waals surface area contributed by atoms with Gasteiger partial charge in [0.05, 0.1) is 13.3 Å². The number of hydrogen-bond donors (Lipinski definition) is 3. The first-order valence-corrected chi connectivity index (χ1v) is 23.9. The van der Waals surface area contributed by atoms with Crippen LogP contribution < -0.4 is 30.5 Å². The number of benzene rings is 1. The van der Waals surface area contributed by atoms with Crippen LogP contribution in [-0.2, 0) is 39.2 Å². The van der Waals surface area contributed by atoms with E-state index in [-0.39, 0.29) is 18.0 Å². The van der Waals surface area contributed by atoms with E-state index in [0.717, 1.165) is 36.1 Å². The van der Waals surface area contributed by atoms with Crippen LogP contribution in [0.3, 0.4) is 0 Å². The minimum Gasteiger partial charge on any atom is -0.497 e. The first-order chi connectivity index (χ1) is 31.8. The van der Waals surface area contributed by atoms with E-state index in [1.165, 1.54) is 4.90 Å². The van der Waals surface area contributed by atoms with Gasteiger partial charge in [-0.05, 0) is 88.8 Å². The van der Waals surface area contributed by atoms with Gasteiger partial charge in [0.15, 0.2) is 0 Å². The SMILES string of the molecule is CCNC(=O)N1CCN(c2nc(NC3CCN(C(=O)[C@@H](CCc4ccc(OC)cc4)NC(=O)[C@@H]4CCCCN4C(=O)C(=O)C(C)(C)CC)CC3)nc(N(Cc3cnn(C)c3)C3CC3)n2)CC1. The number of piperazine rings is 1. The molecule has 19 heteroatoms. The fraction of sp³-hybridized carbons (Fsp3) is 0.638. The summed E-state index contributed by atoms with van der Waals surface area (Å²) in [5, 5.41) is 13.9. The molecule has 3 N–H and O–H groups in total. The number of methoxy groups -OCH3 is 1. The van der Waals surface area contributed by atoms with Crippen LogP contribution >= 0.6 is 0 Å². The zero-order valence-electron chi connectivity index (χ0n) is 39.6. The van der Waals surface area contributed by atoms with Crippen molar-refractivity contribution in [3.8, 4) is 5.75 Å². The molecule has 3 aliphatic heterocycles. The second-order valence-electron chi connectivity index (χ2n) is 18.7. The number of anilines is 3. The molecule has 66 heavy (non-hydrogen) atoms. The Labute approximate surface area is 388 Å². The largest absolute Gasteiger partial charge is 0.497 e. The molecule has 2 atom stereocenters. The van der Waals surface area contributed by atoms with Crippen LogP contribution in [-0.4, -0.2) is 153 Å². The van der Waals surface area contributed by atoms with Gasteiger partial charge in [0.25, 0.3) is 5.91 Å². The summed E-state index contributed by atoms with van der Waals surface area (Å²) in [6, 6.07) is 6.15. The van der Waals surface area contributed by atoms with Crippen molar-refractivity contribution >= 4 is 47.4 Å². The first kappa shape index (κ1) is 47.9. The van der Waals surface area contributed by atoms with Gasteiger partial charge in [0, 0.05) is 95.2 Å². The summed E-state index contributed by atoms with van der Waals surface area (Å²) >= 11 is 0. The number of aryl methyl sites for hydroxylation is 2. The van der Waals surface area contributed by atoms with Gasteiger partial charge in [0.1, 0.15) is 17.8 Å². The standard InChI is InChI=1S/C47H69N13O6/c1-7-47(3,4)39(61)42(64)59-22-10-9-11-38(59)40(62)51-37(19-14-32-12-17-36(66-6)18-13-32)41(63)56-23-20-34(21-24-56)50-43-52-44(57-25-27-58(28-26-57)46(65)48-8-2)54-45(53-43)60(35-15-16-35)31-33-29-49-55(5)30-33/h12-13,17-18,29-30,34-35,37-38H,7-11,14-16,19-28,31H2,1-6H3,(H,48,65)(H,51,62)(H,50,52,53,54)/t37-,38+/m1/s1. The molecule has 7 rings (SSSR count). The number of aromatic nitrogens is 5. The van der Waals surface area contributed by atoms with Crippen molar-refractivity contribution in [2.45, 2.75) is 123 Å². The third-order valence-electron chi connectivity index (χ3n) is 13.5. The molecular weight excluding hydrogens is 843 g/mol. The van der Waals surface area contributed by atoms with Crippen LogP contribution in [0.4, 0.5) is 22.6 Å². The highest BCUT2D eigenvalue weighted by Gasteiger charge is 2.41. The number of ether oxygens (including phenoxy) is 1. The number of carbonyl (C=O) groups excluding carboxylic acids is 5. The number of piperidine rings is 2. The van der Waals surface area contributed by atoms with Crippen molar-refractivity contribution in [2.24, 2.45) is 12.5 Å². The molecule has 1 aromatic carbocycles. The molecule has 3 saturated heterocycles. The lowest BCUT2D eigenvalue weighted by atomic mass is 9.84. The molecular formula is C47H69N13O6. The Morgan fingerprint density at radius 3 is 2.23 bits per heavy atom. The molecule has 4 fully saturated rings. The number of likely N-dealkylation sites (tertiary alicyclic amines) is 2. The lowest BCUT2D eigenvalue weighted by Gasteiger charge is -2.38. The zero-order chi connectivity index (χ0) is 47.0. The number of hydrogen-bond acceptors (Lipinski definition) is 13. The van der Waals surface area contributed by atoms with Crippen molar-refractivity contribution in [1.82, 2.24) is 50.1 Å². The van der Waals surface area contributed by atoms with Crippen molar-refractivity contribution in [1.29, 1.82) is 0 Å². The van der Waals surface area contributed by atoms with E-state index >= 15 is 0 Å². The number of nitrogens with zero attached hydrogens (tertiary/aromatic N) is 10. The molecule has 0 bridgehead atoms. The predicted molar refractivity (Wildman–Crippen MR) is 250 cm³/mol. The monoisotopic (exact) mass is 912 g/mol. The van der Waals surface area contributed by atoms with E-state index in [0.29, 0.717) is 128 Å². The Balaban J connectivity index is 1.05. The number of amides is 5. The van der Waals surface area contributed by atoms with E-state index in [1.807, 2.05) is 67.4 Å². The summed E-state index contributed by atoms with van der Waals surface area (Å²) in [5.74, 6) is 0.588. The van der Waals surface area contributed by atoms with E-state index in [9.17, 15) is 24.0 Å². The molecule has 4 aliphatic rings. The minimum atomic E-state index is -0.846. The van der Waals surface area contributed by atoms with Crippen LogP contribution in [0.25, 0.3) is 0 Å². The minimum absolute atomic E-state index is 0.0431. The maximum Gasteiger partial charge on any atom is 0.317 e. The summed E-state index contributed by atoms with van der Waals surface area (Å²) in [5.41, 5.74) is 1.21. The summed E-state index contributed by atoms with van der Waals surface area (Å²) in [7, 11) is 3.51. The maximum absolute atomic E-state index is 14.5. The normalized spacial score (nSPS) is 18.7. The molecule has 2 aromatic heterocycles. The average molecular weight is 912 g/mol. The summed E-state index contributed by atoms with van der Waals surface area (Å²) in [6.07, 6.45) is 10.4. The molecule has 3 aromatic rings. The lowest BCUT2D eigenvalue weighted by molar-refractivity contribution is -0.154. The van der Waals surface area contributed by atoms with Crippen LogP contribution in [0, 0.1) is 5.41 Å². The Hall–Kier alpha value is -6.01. The second-order valence-corrected chi connectivity index (χ2v) is 18.7. The topological polar surface area (TPSA) is 203 Å². The van der Waals surface area contributed by atoms with Crippen molar-refractivity contribution in [3.05, 3.63) is 47.8 Å². The highest BCUT2D eigenvalue weighted by atomic mass is 16.5. The smallest absolute Gasteiger partial charge is 0.317 e. The van der Waals surface area contributed by atoms with E-state index in [4.69, 9.17) is 19.7 Å². The summed E-state index contributed by atoms with van der Waals surface area (Å²) in [4.78, 5) is 92.6. The van der Waals surface area contributed by atoms with Crippen molar-refractivity contribution in [2.75, 3.05) is 74.6 Å². The number of ketones is 1. The summed E-state index contributed by atoms with van der Waals surface area (Å²) in [6.45, 7) is 11.9. The van der Waals surface area contributed by atoms with Gasteiger partial charge in [-0.25, -0.2) is 4.79 Å². The van der Waals surface area contributed by atoms with Gasteiger partial charge in [-0.2, -0.15) is 20.1 Å². The molecule has 5 heterocycles. The van der Waals surface area contributed by atoms with E-state index < -0.39 is 35.1 Å². The van der Waals surface area contributed by atoms with E-state index in [1.54, 1.807) is 25.6 Å². The van der Waals surface area contributed by atoms with Gasteiger partial charge in [0.2, 0.25) is 35.4 Å². The highest BCUT2D eigenvalue weighted by Crippen LogP contribution is 2.33. The molecule has 1 aliphatic carbocycles. The molecule has 0 radical (unpaired) electrons. The quantitative estimate of drug-likeness (QED) is 0.157. The van der Waals surface area contributed by atoms with Crippen LogP contribution in [0.1, 0.15) is 96.6 Å². The molecule has 358 valence electrons. The molecule has 0 unspecified atom stereocenters. The molecule has 1 saturated carbocycles. The fourth-order valence-electron chi connectivity index (χ4n) is 8.86.